The maximum absolute atomic E-state index is 10.9. The van der Waals surface area contributed by atoms with Gasteiger partial charge in [-0.1, -0.05) is 17.7 Å². The molecule has 0 spiro atoms. The number of carboxylic acid groups (broad SMARTS) is 1. The van der Waals surface area contributed by atoms with Crippen molar-refractivity contribution < 1.29 is 14.6 Å². The van der Waals surface area contributed by atoms with E-state index in [0.717, 1.165) is 11.3 Å². The van der Waals surface area contributed by atoms with Crippen LogP contribution >= 0.6 is 11.8 Å². The monoisotopic (exact) mass is 238 g/mol. The first kappa shape index (κ1) is 11.5. The molecule has 86 valence electrons. The van der Waals surface area contributed by atoms with Gasteiger partial charge in [-0.05, 0) is 25.5 Å². The molecule has 1 N–H and O–H groups in total. The van der Waals surface area contributed by atoms with Crippen molar-refractivity contribution in [1.29, 1.82) is 0 Å². The van der Waals surface area contributed by atoms with Gasteiger partial charge in [-0.15, -0.1) is 11.8 Å². The average molecular weight is 238 g/mol. The van der Waals surface area contributed by atoms with E-state index in [-0.39, 0.29) is 5.25 Å². The minimum absolute atomic E-state index is 0.0280. The zero-order chi connectivity index (χ0) is 11.5. The molecule has 3 nitrogen and oxygen atoms in total. The van der Waals surface area contributed by atoms with Gasteiger partial charge < -0.3 is 9.84 Å². The molecule has 0 aliphatic carbocycles. The molecule has 0 aromatic heterocycles. The summed E-state index contributed by atoms with van der Waals surface area (Å²) >= 11 is 1.59. The fourth-order valence-electron chi connectivity index (χ4n) is 1.71. The van der Waals surface area contributed by atoms with Crippen molar-refractivity contribution in [2.45, 2.75) is 29.6 Å². The SMILES string of the molecule is Cc1ccc(S[C@@H]2CCO[C@@H]2C(=O)O)cc1. The van der Waals surface area contributed by atoms with Gasteiger partial charge in [0.1, 0.15) is 0 Å². The molecule has 0 amide bonds. The molecule has 0 unspecified atom stereocenters. The molecule has 2 atom stereocenters. The summed E-state index contributed by atoms with van der Waals surface area (Å²) < 4.78 is 5.20. The van der Waals surface area contributed by atoms with Crippen molar-refractivity contribution in [3.63, 3.8) is 0 Å². The second-order valence-electron chi connectivity index (χ2n) is 3.89. The highest BCUT2D eigenvalue weighted by atomic mass is 32.2. The number of aliphatic carboxylic acids is 1. The second-order valence-corrected chi connectivity index (χ2v) is 5.20. The van der Waals surface area contributed by atoms with E-state index in [1.807, 2.05) is 31.2 Å². The molecule has 1 fully saturated rings. The lowest BCUT2D eigenvalue weighted by Gasteiger charge is -2.13. The molecule has 1 aliphatic rings. The van der Waals surface area contributed by atoms with Gasteiger partial charge in [-0.3, -0.25) is 0 Å². The van der Waals surface area contributed by atoms with Crippen LogP contribution in [0.4, 0.5) is 0 Å². The fourth-order valence-corrected chi connectivity index (χ4v) is 2.89. The van der Waals surface area contributed by atoms with E-state index >= 15 is 0 Å². The average Bonchev–Trinajstić information content (AvgIpc) is 2.69. The van der Waals surface area contributed by atoms with Crippen LogP contribution in [0.2, 0.25) is 0 Å². The molecule has 2 rings (SSSR count). The Balaban J connectivity index is 2.03. The summed E-state index contributed by atoms with van der Waals surface area (Å²) in [6, 6.07) is 8.12. The topological polar surface area (TPSA) is 46.5 Å². The number of thioether (sulfide) groups is 1. The lowest BCUT2D eigenvalue weighted by molar-refractivity contribution is -0.147. The van der Waals surface area contributed by atoms with Crippen LogP contribution < -0.4 is 0 Å². The van der Waals surface area contributed by atoms with Crippen LogP contribution in [0.25, 0.3) is 0 Å². The van der Waals surface area contributed by atoms with E-state index in [9.17, 15) is 4.79 Å². The summed E-state index contributed by atoms with van der Waals surface area (Å²) in [4.78, 5) is 12.0. The lowest BCUT2D eigenvalue weighted by atomic mass is 10.2. The second kappa shape index (κ2) is 4.89. The van der Waals surface area contributed by atoms with Crippen LogP contribution in [-0.2, 0) is 9.53 Å². The lowest BCUT2D eigenvalue weighted by Crippen LogP contribution is -2.27. The zero-order valence-corrected chi connectivity index (χ0v) is 9.87. The number of rotatable bonds is 3. The summed E-state index contributed by atoms with van der Waals surface area (Å²) in [5.41, 5.74) is 1.21. The van der Waals surface area contributed by atoms with Crippen LogP contribution in [0.1, 0.15) is 12.0 Å². The van der Waals surface area contributed by atoms with Crippen molar-refractivity contribution in [3.8, 4) is 0 Å². The third-order valence-corrected chi connectivity index (χ3v) is 3.92. The predicted octanol–water partition coefficient (Wildman–Crippen LogP) is 2.33. The normalized spacial score (nSPS) is 24.6. The van der Waals surface area contributed by atoms with Crippen LogP contribution in [0.15, 0.2) is 29.2 Å². The minimum atomic E-state index is -0.859. The van der Waals surface area contributed by atoms with Crippen LogP contribution in [0, 0.1) is 6.92 Å². The highest BCUT2D eigenvalue weighted by molar-refractivity contribution is 8.00. The van der Waals surface area contributed by atoms with E-state index in [1.165, 1.54) is 5.56 Å². The van der Waals surface area contributed by atoms with Crippen LogP contribution in [-0.4, -0.2) is 29.0 Å². The summed E-state index contributed by atoms with van der Waals surface area (Å²) in [6.07, 6.45) is 0.140. The number of carboxylic acids is 1. The molecule has 1 aromatic rings. The number of carbonyl (C=O) groups is 1. The summed E-state index contributed by atoms with van der Waals surface area (Å²) in [7, 11) is 0. The quantitative estimate of drug-likeness (QED) is 0.878. The van der Waals surface area contributed by atoms with E-state index in [0.29, 0.717) is 6.61 Å². The molecule has 4 heteroatoms. The highest BCUT2D eigenvalue weighted by Crippen LogP contribution is 2.32. The molecule has 0 saturated carbocycles. The van der Waals surface area contributed by atoms with Crippen molar-refractivity contribution in [3.05, 3.63) is 29.8 Å². The van der Waals surface area contributed by atoms with Gasteiger partial charge in [0.2, 0.25) is 0 Å². The van der Waals surface area contributed by atoms with Crippen LogP contribution in [0.3, 0.4) is 0 Å². The summed E-state index contributed by atoms with van der Waals surface area (Å²) in [5.74, 6) is -0.859. The number of hydrogen-bond donors (Lipinski definition) is 1. The standard InChI is InChI=1S/C12H14O3S/c1-8-2-4-9(5-3-8)16-10-6-7-15-11(10)12(13)14/h2-5,10-11H,6-7H2,1H3,(H,13,14)/t10-,11+/m1/s1. The third-order valence-electron chi connectivity index (χ3n) is 2.59. The largest absolute Gasteiger partial charge is 0.479 e. The first-order valence-electron chi connectivity index (χ1n) is 5.24. The Morgan fingerprint density at radius 2 is 2.12 bits per heavy atom. The Labute approximate surface area is 98.8 Å². The van der Waals surface area contributed by atoms with Crippen molar-refractivity contribution in [2.75, 3.05) is 6.61 Å². The maximum Gasteiger partial charge on any atom is 0.333 e. The van der Waals surface area contributed by atoms with E-state index in [4.69, 9.17) is 9.84 Å². The number of aryl methyl sites for hydroxylation is 1. The van der Waals surface area contributed by atoms with Gasteiger partial charge in [-0.25, -0.2) is 4.79 Å². The number of benzene rings is 1. The first-order chi connectivity index (χ1) is 7.66. The fraction of sp³-hybridized carbons (Fsp3) is 0.417. The predicted molar refractivity (Wildman–Crippen MR) is 62.8 cm³/mol. The Bertz CT molecular complexity index is 374. The van der Waals surface area contributed by atoms with Gasteiger partial charge >= 0.3 is 5.97 Å². The molecular formula is C12H14O3S. The van der Waals surface area contributed by atoms with Crippen molar-refractivity contribution >= 4 is 17.7 Å². The molecule has 0 bridgehead atoms. The molecule has 16 heavy (non-hydrogen) atoms. The summed E-state index contributed by atoms with van der Waals surface area (Å²) in [5, 5.41) is 9.00. The summed E-state index contributed by atoms with van der Waals surface area (Å²) in [6.45, 7) is 2.58. The smallest absolute Gasteiger partial charge is 0.333 e. The van der Waals surface area contributed by atoms with E-state index in [1.54, 1.807) is 11.8 Å². The Hall–Kier alpha value is -1.00. The highest BCUT2D eigenvalue weighted by Gasteiger charge is 2.34. The Kier molecular flexibility index (Phi) is 3.51. The van der Waals surface area contributed by atoms with Crippen LogP contribution in [0.5, 0.6) is 0 Å². The molecule has 1 heterocycles. The van der Waals surface area contributed by atoms with Crippen molar-refractivity contribution in [1.82, 2.24) is 0 Å². The number of hydrogen-bond acceptors (Lipinski definition) is 3. The Morgan fingerprint density at radius 3 is 2.75 bits per heavy atom. The van der Waals surface area contributed by atoms with Gasteiger partial charge in [0, 0.05) is 16.8 Å². The molecule has 1 aromatic carbocycles. The maximum atomic E-state index is 10.9. The van der Waals surface area contributed by atoms with E-state index < -0.39 is 12.1 Å². The molecule has 0 radical (unpaired) electrons. The Morgan fingerprint density at radius 1 is 1.44 bits per heavy atom. The van der Waals surface area contributed by atoms with Gasteiger partial charge in [0.05, 0.1) is 0 Å². The minimum Gasteiger partial charge on any atom is -0.479 e. The van der Waals surface area contributed by atoms with E-state index in [2.05, 4.69) is 0 Å². The zero-order valence-electron chi connectivity index (χ0n) is 9.05. The molecular weight excluding hydrogens is 224 g/mol. The van der Waals surface area contributed by atoms with Gasteiger partial charge in [0.15, 0.2) is 6.10 Å². The molecule has 1 saturated heterocycles. The van der Waals surface area contributed by atoms with Gasteiger partial charge in [0.25, 0.3) is 0 Å². The number of ether oxygens (including phenoxy) is 1. The van der Waals surface area contributed by atoms with Crippen molar-refractivity contribution in [2.24, 2.45) is 0 Å². The first-order valence-corrected chi connectivity index (χ1v) is 6.12. The van der Waals surface area contributed by atoms with Gasteiger partial charge in [-0.2, -0.15) is 0 Å². The molecule has 1 aliphatic heterocycles. The third kappa shape index (κ3) is 2.57.